The fraction of sp³-hybridized carbons (Fsp3) is 0.632. The Morgan fingerprint density at radius 3 is 2.54 bits per heavy atom. The molecule has 0 bridgehead atoms. The third kappa shape index (κ3) is 3.46. The van der Waals surface area contributed by atoms with Gasteiger partial charge < -0.3 is 9.29 Å². The molecule has 0 aromatic heterocycles. The molecule has 0 saturated heterocycles. The van der Waals surface area contributed by atoms with Crippen molar-refractivity contribution < 1.29 is 9.29 Å². The van der Waals surface area contributed by atoms with Gasteiger partial charge in [-0.15, -0.1) is 0 Å². The Morgan fingerprint density at radius 2 is 1.96 bits per heavy atom. The van der Waals surface area contributed by atoms with Crippen LogP contribution in [0.15, 0.2) is 27.1 Å². The van der Waals surface area contributed by atoms with Gasteiger partial charge in [0.1, 0.15) is 21.8 Å². The number of halogens is 1. The zero-order valence-electron chi connectivity index (χ0n) is 14.9. The molecule has 1 unspecified atom stereocenters. The van der Waals surface area contributed by atoms with E-state index in [9.17, 15) is 4.55 Å². The zero-order chi connectivity index (χ0) is 17.5. The predicted molar refractivity (Wildman–Crippen MR) is 104 cm³/mol. The van der Waals surface area contributed by atoms with Crippen LogP contribution >= 0.6 is 15.9 Å². The normalized spacial score (nSPS) is 29.9. The van der Waals surface area contributed by atoms with Crippen LogP contribution in [-0.2, 0) is 22.5 Å². The number of hydrogen-bond acceptors (Lipinski definition) is 3. The third-order valence-electron chi connectivity index (χ3n) is 5.28. The van der Waals surface area contributed by atoms with Crippen LogP contribution in [-0.4, -0.2) is 28.2 Å². The topological polar surface area (TPSA) is 44.6 Å². The molecule has 0 aliphatic heterocycles. The summed E-state index contributed by atoms with van der Waals surface area (Å²) in [5, 5.41) is 0. The summed E-state index contributed by atoms with van der Waals surface area (Å²) in [7, 11) is 1.80. The molecule has 132 valence electrons. The van der Waals surface area contributed by atoms with E-state index in [4.69, 9.17) is 9.13 Å². The summed E-state index contributed by atoms with van der Waals surface area (Å²) >= 11 is 2.34. The van der Waals surface area contributed by atoms with Crippen LogP contribution < -0.4 is 0 Å². The van der Waals surface area contributed by atoms with Gasteiger partial charge >= 0.3 is 0 Å². The van der Waals surface area contributed by atoms with Gasteiger partial charge in [0.25, 0.3) is 0 Å². The molecule has 0 N–H and O–H groups in total. The number of benzene rings is 1. The largest absolute Gasteiger partial charge is 0.591 e. The van der Waals surface area contributed by atoms with Crippen molar-refractivity contribution in [3.8, 4) is 0 Å². The van der Waals surface area contributed by atoms with Crippen LogP contribution in [0.1, 0.15) is 57.6 Å². The SMILES string of the molecule is CO[C@H]1CC[C@]2(CC1)Cc1ccc(Br)cc1C2=N[S+]([O-])C(C)(C)C. The standard InChI is InChI=1S/C19H26BrNO2S/c1-18(2,3)24(22)21-17-16-11-14(20)6-5-13(16)12-19(17)9-7-15(23-4)8-10-19/h5-6,11,15H,7-10,12H2,1-4H3/t15-,19-,24?. The zero-order valence-corrected chi connectivity index (χ0v) is 17.3. The number of fused-ring (bicyclic) bond motifs is 1. The van der Waals surface area contributed by atoms with E-state index >= 15 is 0 Å². The Bertz CT molecular complexity index is 645. The summed E-state index contributed by atoms with van der Waals surface area (Å²) in [6.07, 6.45) is 5.56. The number of rotatable bonds is 2. The Kier molecular flexibility index (Phi) is 5.18. The molecule has 0 radical (unpaired) electrons. The average molecular weight is 412 g/mol. The van der Waals surface area contributed by atoms with E-state index in [-0.39, 0.29) is 10.2 Å². The smallest absolute Gasteiger partial charge is 0.144 e. The molecule has 1 saturated carbocycles. The second-order valence-electron chi connectivity index (χ2n) is 8.00. The molecule has 2 aliphatic rings. The summed E-state index contributed by atoms with van der Waals surface area (Å²) in [5.74, 6) is 0. The van der Waals surface area contributed by atoms with Gasteiger partial charge in [0.15, 0.2) is 0 Å². The van der Waals surface area contributed by atoms with E-state index in [0.29, 0.717) is 6.10 Å². The van der Waals surface area contributed by atoms with Gasteiger partial charge in [0.05, 0.1) is 6.10 Å². The number of nitrogens with zero attached hydrogens (tertiary/aromatic N) is 1. The average Bonchev–Trinajstić information content (AvgIpc) is 2.81. The first-order valence-electron chi connectivity index (χ1n) is 8.58. The van der Waals surface area contributed by atoms with Crippen molar-refractivity contribution in [3.63, 3.8) is 0 Å². The lowest BCUT2D eigenvalue weighted by Gasteiger charge is -2.37. The minimum Gasteiger partial charge on any atom is -0.591 e. The summed E-state index contributed by atoms with van der Waals surface area (Å²) in [6, 6.07) is 6.42. The molecule has 0 amide bonds. The van der Waals surface area contributed by atoms with E-state index in [1.807, 2.05) is 20.8 Å². The van der Waals surface area contributed by atoms with Crippen LogP contribution in [0.4, 0.5) is 0 Å². The second-order valence-corrected chi connectivity index (χ2v) is 10.8. The number of methoxy groups -OCH3 is 1. The second kappa shape index (κ2) is 6.75. The summed E-state index contributed by atoms with van der Waals surface area (Å²) in [4.78, 5) is 0. The van der Waals surface area contributed by atoms with Crippen LogP contribution in [0.25, 0.3) is 0 Å². The van der Waals surface area contributed by atoms with E-state index < -0.39 is 11.4 Å². The van der Waals surface area contributed by atoms with Crippen molar-refractivity contribution in [1.82, 2.24) is 0 Å². The van der Waals surface area contributed by atoms with Gasteiger partial charge in [-0.3, -0.25) is 0 Å². The number of hydrogen-bond donors (Lipinski definition) is 0. The molecule has 2 aliphatic carbocycles. The highest BCUT2D eigenvalue weighted by molar-refractivity contribution is 9.10. The van der Waals surface area contributed by atoms with Gasteiger partial charge in [-0.25, -0.2) is 0 Å². The Morgan fingerprint density at radius 1 is 1.29 bits per heavy atom. The van der Waals surface area contributed by atoms with Crippen LogP contribution in [0, 0.1) is 5.41 Å². The molecule has 0 heterocycles. The molecule has 1 spiro atoms. The van der Waals surface area contributed by atoms with E-state index in [1.54, 1.807) is 7.11 Å². The highest BCUT2D eigenvalue weighted by atomic mass is 79.9. The first-order chi connectivity index (χ1) is 11.2. The lowest BCUT2D eigenvalue weighted by molar-refractivity contribution is 0.0468. The first kappa shape index (κ1) is 18.4. The van der Waals surface area contributed by atoms with Crippen LogP contribution in [0.5, 0.6) is 0 Å². The predicted octanol–water partition coefficient (Wildman–Crippen LogP) is 4.83. The maximum Gasteiger partial charge on any atom is 0.144 e. The molecule has 24 heavy (non-hydrogen) atoms. The minimum absolute atomic E-state index is 0.0269. The fourth-order valence-corrected chi connectivity index (χ4v) is 4.91. The Balaban J connectivity index is 2.02. The van der Waals surface area contributed by atoms with Crippen molar-refractivity contribution in [1.29, 1.82) is 0 Å². The maximum atomic E-state index is 12.7. The highest BCUT2D eigenvalue weighted by Crippen LogP contribution is 2.49. The van der Waals surface area contributed by atoms with E-state index in [2.05, 4.69) is 34.1 Å². The Labute approximate surface area is 156 Å². The fourth-order valence-electron chi connectivity index (χ4n) is 3.82. The van der Waals surface area contributed by atoms with Crippen molar-refractivity contribution in [2.75, 3.05) is 7.11 Å². The minimum atomic E-state index is -1.24. The van der Waals surface area contributed by atoms with Crippen molar-refractivity contribution in [2.45, 2.75) is 63.7 Å². The molecule has 5 heteroatoms. The molecule has 3 rings (SSSR count). The van der Waals surface area contributed by atoms with Crippen molar-refractivity contribution in [3.05, 3.63) is 33.8 Å². The summed E-state index contributed by atoms with van der Waals surface area (Å²) in [6.45, 7) is 5.95. The van der Waals surface area contributed by atoms with Crippen molar-refractivity contribution in [2.24, 2.45) is 9.81 Å². The molecule has 1 aromatic carbocycles. The van der Waals surface area contributed by atoms with E-state index in [1.165, 1.54) is 11.1 Å². The molecular formula is C19H26BrNO2S. The third-order valence-corrected chi connectivity index (χ3v) is 7.17. The van der Waals surface area contributed by atoms with Gasteiger partial charge in [-0.1, -0.05) is 26.4 Å². The molecule has 1 fully saturated rings. The van der Waals surface area contributed by atoms with Gasteiger partial charge in [-0.05, 0) is 70.6 Å². The number of ether oxygens (including phenoxy) is 1. The summed E-state index contributed by atoms with van der Waals surface area (Å²) in [5.41, 5.74) is 3.59. The van der Waals surface area contributed by atoms with Crippen molar-refractivity contribution >= 4 is 33.0 Å². The van der Waals surface area contributed by atoms with Gasteiger partial charge in [0.2, 0.25) is 0 Å². The molecular weight excluding hydrogens is 386 g/mol. The van der Waals surface area contributed by atoms with Gasteiger partial charge in [-0.2, -0.15) is 0 Å². The maximum absolute atomic E-state index is 12.7. The lowest BCUT2D eigenvalue weighted by Crippen LogP contribution is -2.37. The first-order valence-corrected chi connectivity index (χ1v) is 10.5. The Hall–Kier alpha value is -0.360. The summed E-state index contributed by atoms with van der Waals surface area (Å²) < 4.78 is 23.8. The van der Waals surface area contributed by atoms with E-state index in [0.717, 1.165) is 42.3 Å². The van der Waals surface area contributed by atoms with Gasteiger partial charge in [0, 0.05) is 22.6 Å². The molecule has 1 aromatic rings. The molecule has 1 atom stereocenters. The van der Waals surface area contributed by atoms with Crippen LogP contribution in [0.2, 0.25) is 0 Å². The highest BCUT2D eigenvalue weighted by Gasteiger charge is 2.47. The monoisotopic (exact) mass is 411 g/mol. The lowest BCUT2D eigenvalue weighted by atomic mass is 9.70. The van der Waals surface area contributed by atoms with Crippen LogP contribution in [0.3, 0.4) is 0 Å². The quantitative estimate of drug-likeness (QED) is 0.653. The molecule has 3 nitrogen and oxygen atoms in total.